The minimum atomic E-state index is -0.115. The molecule has 0 heterocycles. The fourth-order valence-electron chi connectivity index (χ4n) is 1.65. The van der Waals surface area contributed by atoms with Gasteiger partial charge in [0.25, 0.3) is 0 Å². The Hall–Kier alpha value is -0.530. The SMILES string of the molecule is CCCCC(C(=O)NC(C)(C)C)C(C)C. The molecule has 0 radical (unpaired) electrons. The van der Waals surface area contributed by atoms with Crippen LogP contribution in [0.3, 0.4) is 0 Å². The van der Waals surface area contributed by atoms with E-state index in [9.17, 15) is 4.79 Å². The van der Waals surface area contributed by atoms with Crippen molar-refractivity contribution in [1.82, 2.24) is 5.32 Å². The van der Waals surface area contributed by atoms with E-state index in [2.05, 4.69) is 26.1 Å². The number of carbonyl (C=O) groups excluding carboxylic acids is 1. The summed E-state index contributed by atoms with van der Waals surface area (Å²) in [4.78, 5) is 12.0. The number of amides is 1. The summed E-state index contributed by atoms with van der Waals surface area (Å²) in [6.07, 6.45) is 3.31. The first-order valence-corrected chi connectivity index (χ1v) is 6.10. The van der Waals surface area contributed by atoms with Gasteiger partial charge in [0.2, 0.25) is 5.91 Å². The van der Waals surface area contributed by atoms with Gasteiger partial charge in [-0.05, 0) is 33.1 Å². The lowest BCUT2D eigenvalue weighted by Crippen LogP contribution is -2.45. The molecule has 0 rings (SSSR count). The highest BCUT2D eigenvalue weighted by molar-refractivity contribution is 5.79. The predicted octanol–water partition coefficient (Wildman–Crippen LogP) is 3.36. The highest BCUT2D eigenvalue weighted by Gasteiger charge is 2.24. The molecule has 0 aromatic heterocycles. The van der Waals surface area contributed by atoms with Gasteiger partial charge in [0, 0.05) is 11.5 Å². The van der Waals surface area contributed by atoms with Gasteiger partial charge in [-0.2, -0.15) is 0 Å². The number of carbonyl (C=O) groups is 1. The van der Waals surface area contributed by atoms with Crippen molar-refractivity contribution in [2.75, 3.05) is 0 Å². The fourth-order valence-corrected chi connectivity index (χ4v) is 1.65. The minimum absolute atomic E-state index is 0.115. The normalized spacial score (nSPS) is 14.1. The maximum Gasteiger partial charge on any atom is 0.223 e. The van der Waals surface area contributed by atoms with E-state index in [1.54, 1.807) is 0 Å². The largest absolute Gasteiger partial charge is 0.351 e. The zero-order valence-corrected chi connectivity index (χ0v) is 11.2. The first-order valence-electron chi connectivity index (χ1n) is 6.10. The van der Waals surface area contributed by atoms with Crippen molar-refractivity contribution in [2.24, 2.45) is 11.8 Å². The van der Waals surface area contributed by atoms with Crippen LogP contribution in [0.15, 0.2) is 0 Å². The van der Waals surface area contributed by atoms with Gasteiger partial charge >= 0.3 is 0 Å². The first kappa shape index (κ1) is 14.5. The maximum absolute atomic E-state index is 12.0. The molecular weight excluding hydrogens is 186 g/mol. The van der Waals surface area contributed by atoms with Gasteiger partial charge in [0.15, 0.2) is 0 Å². The van der Waals surface area contributed by atoms with Crippen molar-refractivity contribution in [3.63, 3.8) is 0 Å². The molecular formula is C13H27NO. The van der Waals surface area contributed by atoms with Gasteiger partial charge in [-0.3, -0.25) is 4.79 Å². The van der Waals surface area contributed by atoms with Gasteiger partial charge in [-0.15, -0.1) is 0 Å². The van der Waals surface area contributed by atoms with E-state index in [1.165, 1.54) is 0 Å². The van der Waals surface area contributed by atoms with Crippen LogP contribution in [-0.2, 0) is 4.79 Å². The van der Waals surface area contributed by atoms with Gasteiger partial charge in [-0.25, -0.2) is 0 Å². The molecule has 0 aliphatic heterocycles. The Morgan fingerprint density at radius 2 is 1.80 bits per heavy atom. The monoisotopic (exact) mass is 213 g/mol. The van der Waals surface area contributed by atoms with E-state index >= 15 is 0 Å². The van der Waals surface area contributed by atoms with Crippen LogP contribution in [0, 0.1) is 11.8 Å². The molecule has 0 bridgehead atoms. The molecule has 2 heteroatoms. The summed E-state index contributed by atoms with van der Waals surface area (Å²) < 4.78 is 0. The van der Waals surface area contributed by atoms with Crippen molar-refractivity contribution in [3.05, 3.63) is 0 Å². The minimum Gasteiger partial charge on any atom is -0.351 e. The van der Waals surface area contributed by atoms with Crippen LogP contribution in [0.25, 0.3) is 0 Å². The second-order valence-electron chi connectivity index (χ2n) is 5.73. The number of rotatable bonds is 5. The molecule has 1 atom stereocenters. The van der Waals surface area contributed by atoms with Gasteiger partial charge in [-0.1, -0.05) is 33.6 Å². The van der Waals surface area contributed by atoms with E-state index in [0.29, 0.717) is 5.92 Å². The molecule has 0 saturated carbocycles. The molecule has 0 spiro atoms. The summed E-state index contributed by atoms with van der Waals surface area (Å²) in [7, 11) is 0. The molecule has 1 N–H and O–H groups in total. The Morgan fingerprint density at radius 3 is 2.13 bits per heavy atom. The van der Waals surface area contributed by atoms with Crippen molar-refractivity contribution >= 4 is 5.91 Å². The summed E-state index contributed by atoms with van der Waals surface area (Å²) in [5, 5.41) is 3.07. The summed E-state index contributed by atoms with van der Waals surface area (Å²) in [6, 6.07) is 0. The molecule has 90 valence electrons. The smallest absolute Gasteiger partial charge is 0.223 e. The van der Waals surface area contributed by atoms with Crippen LogP contribution in [0.4, 0.5) is 0 Å². The third-order valence-electron chi connectivity index (χ3n) is 2.51. The average Bonchev–Trinajstić information content (AvgIpc) is 2.00. The first-order chi connectivity index (χ1) is 6.78. The van der Waals surface area contributed by atoms with Gasteiger partial charge in [0.1, 0.15) is 0 Å². The van der Waals surface area contributed by atoms with Crippen LogP contribution in [0.1, 0.15) is 60.8 Å². The van der Waals surface area contributed by atoms with Crippen LogP contribution in [0.2, 0.25) is 0 Å². The molecule has 2 nitrogen and oxygen atoms in total. The number of unbranched alkanes of at least 4 members (excludes halogenated alkanes) is 1. The topological polar surface area (TPSA) is 29.1 Å². The zero-order chi connectivity index (χ0) is 12.1. The Balaban J connectivity index is 4.29. The van der Waals surface area contributed by atoms with E-state index in [-0.39, 0.29) is 17.4 Å². The third kappa shape index (κ3) is 6.53. The Morgan fingerprint density at radius 1 is 1.27 bits per heavy atom. The van der Waals surface area contributed by atoms with Crippen LogP contribution in [-0.4, -0.2) is 11.4 Å². The summed E-state index contributed by atoms with van der Waals surface area (Å²) in [5.41, 5.74) is -0.115. The third-order valence-corrected chi connectivity index (χ3v) is 2.51. The molecule has 0 aliphatic rings. The van der Waals surface area contributed by atoms with Crippen molar-refractivity contribution in [1.29, 1.82) is 0 Å². The lowest BCUT2D eigenvalue weighted by atomic mass is 9.89. The molecule has 15 heavy (non-hydrogen) atoms. The number of nitrogens with one attached hydrogen (secondary N) is 1. The Bertz CT molecular complexity index is 191. The second-order valence-corrected chi connectivity index (χ2v) is 5.73. The molecule has 1 amide bonds. The number of hydrogen-bond acceptors (Lipinski definition) is 1. The van der Waals surface area contributed by atoms with Crippen LogP contribution < -0.4 is 5.32 Å². The lowest BCUT2D eigenvalue weighted by Gasteiger charge is -2.26. The summed E-state index contributed by atoms with van der Waals surface area (Å²) >= 11 is 0. The molecule has 1 unspecified atom stereocenters. The average molecular weight is 213 g/mol. The van der Waals surface area contributed by atoms with Crippen LogP contribution >= 0.6 is 0 Å². The second kappa shape index (κ2) is 6.14. The molecule has 0 aromatic carbocycles. The molecule has 0 aromatic rings. The highest BCUT2D eigenvalue weighted by atomic mass is 16.2. The Labute approximate surface area is 94.8 Å². The predicted molar refractivity (Wildman–Crippen MR) is 65.7 cm³/mol. The summed E-state index contributed by atoms with van der Waals surface area (Å²) in [6.45, 7) is 12.5. The lowest BCUT2D eigenvalue weighted by molar-refractivity contribution is -0.128. The Kier molecular flexibility index (Phi) is 5.92. The molecule has 0 fully saturated rings. The quantitative estimate of drug-likeness (QED) is 0.745. The highest BCUT2D eigenvalue weighted by Crippen LogP contribution is 2.19. The van der Waals surface area contributed by atoms with Crippen molar-refractivity contribution in [2.45, 2.75) is 66.3 Å². The van der Waals surface area contributed by atoms with E-state index in [4.69, 9.17) is 0 Å². The molecule has 0 aliphatic carbocycles. The fraction of sp³-hybridized carbons (Fsp3) is 0.923. The van der Waals surface area contributed by atoms with Crippen LogP contribution in [0.5, 0.6) is 0 Å². The van der Waals surface area contributed by atoms with Crippen molar-refractivity contribution in [3.8, 4) is 0 Å². The van der Waals surface area contributed by atoms with E-state index in [0.717, 1.165) is 19.3 Å². The summed E-state index contributed by atoms with van der Waals surface area (Å²) in [5.74, 6) is 0.814. The standard InChI is InChI=1S/C13H27NO/c1-7-8-9-11(10(2)3)12(15)14-13(4,5)6/h10-11H,7-9H2,1-6H3,(H,14,15). The molecule has 0 saturated heterocycles. The van der Waals surface area contributed by atoms with Gasteiger partial charge in [0.05, 0.1) is 0 Å². The zero-order valence-electron chi connectivity index (χ0n) is 11.2. The van der Waals surface area contributed by atoms with E-state index < -0.39 is 0 Å². The van der Waals surface area contributed by atoms with Gasteiger partial charge < -0.3 is 5.32 Å². The van der Waals surface area contributed by atoms with E-state index in [1.807, 2.05) is 20.8 Å². The number of hydrogen-bond donors (Lipinski definition) is 1. The van der Waals surface area contributed by atoms with Crippen molar-refractivity contribution < 1.29 is 4.79 Å². The maximum atomic E-state index is 12.0.